The Morgan fingerprint density at radius 1 is 0.839 bits per heavy atom. The third kappa shape index (κ3) is 6.75. The Kier molecular flexibility index (Phi) is 7.50. The molecule has 0 unspecified atom stereocenters. The minimum absolute atomic E-state index is 0.0950. The van der Waals surface area contributed by atoms with Gasteiger partial charge in [-0.2, -0.15) is 0 Å². The van der Waals surface area contributed by atoms with Crippen molar-refractivity contribution in [2.75, 3.05) is 23.8 Å². The lowest BCUT2D eigenvalue weighted by Crippen LogP contribution is -2.14. The van der Waals surface area contributed by atoms with E-state index in [4.69, 9.17) is 9.47 Å². The highest BCUT2D eigenvalue weighted by atomic mass is 32.2. The number of carbonyl (C=O) groups is 1. The molecule has 0 aromatic heterocycles. The average Bonchev–Trinajstić information content (AvgIpc) is 2.78. The van der Waals surface area contributed by atoms with E-state index in [0.29, 0.717) is 36.6 Å². The minimum atomic E-state index is -3.74. The molecule has 0 spiro atoms. The van der Waals surface area contributed by atoms with Gasteiger partial charge in [0.1, 0.15) is 11.5 Å². The first-order chi connectivity index (χ1) is 15.0. The SMILES string of the molecule is COc1ccc(NS(=O)(=O)c2ccc(NC(=O)CCCOc3ccccc3)cc2)cc1. The fourth-order valence-electron chi connectivity index (χ4n) is 2.75. The number of amides is 1. The number of carbonyl (C=O) groups excluding carboxylic acids is 1. The predicted molar refractivity (Wildman–Crippen MR) is 120 cm³/mol. The van der Waals surface area contributed by atoms with E-state index in [0.717, 1.165) is 5.75 Å². The first-order valence-electron chi connectivity index (χ1n) is 9.71. The molecule has 3 rings (SSSR count). The molecule has 0 aliphatic heterocycles. The fourth-order valence-corrected chi connectivity index (χ4v) is 3.81. The van der Waals surface area contributed by atoms with Gasteiger partial charge in [-0.1, -0.05) is 18.2 Å². The van der Waals surface area contributed by atoms with Gasteiger partial charge >= 0.3 is 0 Å². The van der Waals surface area contributed by atoms with Crippen LogP contribution >= 0.6 is 0 Å². The second-order valence-electron chi connectivity index (χ2n) is 6.67. The predicted octanol–water partition coefficient (Wildman–Crippen LogP) is 4.29. The van der Waals surface area contributed by atoms with Gasteiger partial charge in [0.05, 0.1) is 18.6 Å². The van der Waals surface area contributed by atoms with Crippen molar-refractivity contribution >= 4 is 27.3 Å². The van der Waals surface area contributed by atoms with E-state index < -0.39 is 10.0 Å². The summed E-state index contributed by atoms with van der Waals surface area (Å²) in [6.07, 6.45) is 0.866. The lowest BCUT2D eigenvalue weighted by Gasteiger charge is -2.10. The molecule has 0 heterocycles. The molecule has 3 aromatic carbocycles. The number of rotatable bonds is 10. The van der Waals surface area contributed by atoms with Crippen molar-refractivity contribution in [1.29, 1.82) is 0 Å². The zero-order valence-corrected chi connectivity index (χ0v) is 17.9. The van der Waals surface area contributed by atoms with Crippen LogP contribution in [0.3, 0.4) is 0 Å². The Labute approximate surface area is 182 Å². The van der Waals surface area contributed by atoms with Crippen LogP contribution in [0, 0.1) is 0 Å². The van der Waals surface area contributed by atoms with E-state index in [2.05, 4.69) is 10.0 Å². The molecule has 31 heavy (non-hydrogen) atoms. The van der Waals surface area contributed by atoms with Crippen LogP contribution in [-0.2, 0) is 14.8 Å². The number of sulfonamides is 1. The molecule has 0 aliphatic carbocycles. The summed E-state index contributed by atoms with van der Waals surface area (Å²) in [4.78, 5) is 12.2. The van der Waals surface area contributed by atoms with Crippen molar-refractivity contribution in [2.45, 2.75) is 17.7 Å². The number of hydrogen-bond acceptors (Lipinski definition) is 5. The van der Waals surface area contributed by atoms with Crippen LogP contribution in [0.25, 0.3) is 0 Å². The maximum absolute atomic E-state index is 12.5. The van der Waals surface area contributed by atoms with Gasteiger partial charge in [0, 0.05) is 17.8 Å². The molecule has 8 heteroatoms. The first-order valence-corrected chi connectivity index (χ1v) is 11.2. The number of hydrogen-bond donors (Lipinski definition) is 2. The van der Waals surface area contributed by atoms with Crippen LogP contribution in [0.4, 0.5) is 11.4 Å². The highest BCUT2D eigenvalue weighted by molar-refractivity contribution is 7.92. The molecule has 2 N–H and O–H groups in total. The summed E-state index contributed by atoms with van der Waals surface area (Å²) in [7, 11) is -2.20. The highest BCUT2D eigenvalue weighted by Crippen LogP contribution is 2.20. The van der Waals surface area contributed by atoms with E-state index in [9.17, 15) is 13.2 Å². The normalized spacial score (nSPS) is 10.9. The van der Waals surface area contributed by atoms with E-state index in [1.165, 1.54) is 19.2 Å². The molecule has 0 bridgehead atoms. The summed E-state index contributed by atoms with van der Waals surface area (Å²) < 4.78 is 38.2. The fraction of sp³-hybridized carbons (Fsp3) is 0.174. The molecule has 0 fully saturated rings. The van der Waals surface area contributed by atoms with Crippen molar-refractivity contribution in [2.24, 2.45) is 0 Å². The van der Waals surface area contributed by atoms with Gasteiger partial charge < -0.3 is 14.8 Å². The molecule has 0 aliphatic rings. The standard InChI is InChI=1S/C23H24N2O5S/c1-29-20-13-9-19(10-14-20)25-31(27,28)22-15-11-18(12-16-22)24-23(26)8-5-17-30-21-6-3-2-4-7-21/h2-4,6-7,9-16,25H,5,8,17H2,1H3,(H,24,26). The molecule has 162 valence electrons. The first kappa shape index (κ1) is 22.2. The maximum Gasteiger partial charge on any atom is 0.261 e. The number of benzene rings is 3. The largest absolute Gasteiger partial charge is 0.497 e. The number of methoxy groups -OCH3 is 1. The summed E-state index contributed by atoms with van der Waals surface area (Å²) in [5.41, 5.74) is 0.952. The molecule has 7 nitrogen and oxygen atoms in total. The average molecular weight is 441 g/mol. The summed E-state index contributed by atoms with van der Waals surface area (Å²) in [5.74, 6) is 1.24. The number of para-hydroxylation sites is 1. The Balaban J connectivity index is 1.48. The monoisotopic (exact) mass is 440 g/mol. The van der Waals surface area contributed by atoms with Gasteiger partial charge in [-0.3, -0.25) is 9.52 Å². The van der Waals surface area contributed by atoms with Gasteiger partial charge in [-0.15, -0.1) is 0 Å². The third-order valence-corrected chi connectivity index (χ3v) is 5.75. The second kappa shape index (κ2) is 10.5. The molecule has 0 saturated carbocycles. The van der Waals surface area contributed by atoms with Crippen LogP contribution in [0.5, 0.6) is 11.5 Å². The Morgan fingerprint density at radius 3 is 2.13 bits per heavy atom. The Hall–Kier alpha value is -3.52. The maximum atomic E-state index is 12.5. The van der Waals surface area contributed by atoms with Crippen molar-refractivity contribution in [1.82, 2.24) is 0 Å². The molecular weight excluding hydrogens is 416 g/mol. The minimum Gasteiger partial charge on any atom is -0.497 e. The zero-order valence-electron chi connectivity index (χ0n) is 17.1. The quantitative estimate of drug-likeness (QED) is 0.459. The van der Waals surface area contributed by atoms with Crippen molar-refractivity contribution in [3.8, 4) is 11.5 Å². The summed E-state index contributed by atoms with van der Waals surface area (Å²) in [6, 6.07) is 22.0. The number of ether oxygens (including phenoxy) is 2. The summed E-state index contributed by atoms with van der Waals surface area (Å²) >= 11 is 0. The Morgan fingerprint density at radius 2 is 1.48 bits per heavy atom. The highest BCUT2D eigenvalue weighted by Gasteiger charge is 2.14. The van der Waals surface area contributed by atoms with Gasteiger partial charge in [0.25, 0.3) is 10.0 Å². The molecule has 1 amide bonds. The van der Waals surface area contributed by atoms with Gasteiger partial charge in [-0.25, -0.2) is 8.42 Å². The summed E-state index contributed by atoms with van der Waals surface area (Å²) in [5, 5.41) is 2.76. The van der Waals surface area contributed by atoms with Crippen molar-refractivity contribution in [3.05, 3.63) is 78.9 Å². The van der Waals surface area contributed by atoms with Crippen LogP contribution in [-0.4, -0.2) is 28.0 Å². The van der Waals surface area contributed by atoms with Gasteiger partial charge in [0.15, 0.2) is 0 Å². The molecular formula is C23H24N2O5S. The van der Waals surface area contributed by atoms with Crippen LogP contribution in [0.15, 0.2) is 83.8 Å². The smallest absolute Gasteiger partial charge is 0.261 e. The molecule has 0 saturated heterocycles. The van der Waals surface area contributed by atoms with Crippen molar-refractivity contribution < 1.29 is 22.7 Å². The van der Waals surface area contributed by atoms with Crippen LogP contribution in [0.2, 0.25) is 0 Å². The Bertz CT molecular complexity index is 1080. The van der Waals surface area contributed by atoms with Crippen molar-refractivity contribution in [3.63, 3.8) is 0 Å². The van der Waals surface area contributed by atoms with Crippen LogP contribution in [0.1, 0.15) is 12.8 Å². The number of nitrogens with one attached hydrogen (secondary N) is 2. The van der Waals surface area contributed by atoms with Crippen LogP contribution < -0.4 is 19.5 Å². The lowest BCUT2D eigenvalue weighted by molar-refractivity contribution is -0.116. The summed E-state index contributed by atoms with van der Waals surface area (Å²) in [6.45, 7) is 0.436. The third-order valence-electron chi connectivity index (χ3n) is 4.35. The van der Waals surface area contributed by atoms with Gasteiger partial charge in [0.2, 0.25) is 5.91 Å². The van der Waals surface area contributed by atoms with Gasteiger partial charge in [-0.05, 0) is 67.1 Å². The molecule has 3 aromatic rings. The zero-order chi connectivity index (χ0) is 22.1. The van der Waals surface area contributed by atoms with E-state index in [1.807, 2.05) is 30.3 Å². The van der Waals surface area contributed by atoms with E-state index >= 15 is 0 Å². The molecule has 0 atom stereocenters. The van der Waals surface area contributed by atoms with E-state index in [1.54, 1.807) is 36.4 Å². The van der Waals surface area contributed by atoms with E-state index in [-0.39, 0.29) is 10.8 Å². The lowest BCUT2D eigenvalue weighted by atomic mass is 10.2. The second-order valence-corrected chi connectivity index (χ2v) is 8.35. The molecule has 0 radical (unpaired) electrons. The topological polar surface area (TPSA) is 93.7 Å². The number of anilines is 2.